The molecule has 0 saturated heterocycles. The van der Waals surface area contributed by atoms with E-state index in [9.17, 15) is 18.0 Å². The zero-order chi connectivity index (χ0) is 34.8. The van der Waals surface area contributed by atoms with Gasteiger partial charge >= 0.3 is 0 Å². The number of likely N-dealkylation sites (N-methyl/N-ethyl adjacent to an activating group) is 1. The molecule has 48 heavy (non-hydrogen) atoms. The first-order valence-electron chi connectivity index (χ1n) is 15.1. The van der Waals surface area contributed by atoms with Crippen molar-refractivity contribution in [3.8, 4) is 23.0 Å². The number of nitrogens with one attached hydrogen (secondary N) is 1. The van der Waals surface area contributed by atoms with Crippen molar-refractivity contribution in [1.29, 1.82) is 0 Å². The number of methoxy groups -OCH3 is 4. The second kappa shape index (κ2) is 16.1. The molecule has 0 aliphatic heterocycles. The Balaban J connectivity index is 1.88. The van der Waals surface area contributed by atoms with Gasteiger partial charge in [-0.3, -0.25) is 13.9 Å². The Bertz CT molecular complexity index is 1820. The van der Waals surface area contributed by atoms with Gasteiger partial charge < -0.3 is 29.2 Å². The average Bonchev–Trinajstić information content (AvgIpc) is 3.12. The van der Waals surface area contributed by atoms with Gasteiger partial charge in [0.25, 0.3) is 10.0 Å². The molecule has 0 saturated carbocycles. The highest BCUT2D eigenvalue weighted by Gasteiger charge is 2.36. The number of carbonyl (C=O) groups is 2. The van der Waals surface area contributed by atoms with E-state index in [0.717, 1.165) is 21.0 Å². The predicted octanol–water partition coefficient (Wildman–Crippen LogP) is 4.61. The first-order chi connectivity index (χ1) is 23.1. The minimum absolute atomic E-state index is 0.0452. The van der Waals surface area contributed by atoms with E-state index in [1.807, 2.05) is 61.5 Å². The fraction of sp³-hybridized carbons (Fsp3) is 0.278. The lowest BCUT2D eigenvalue weighted by atomic mass is 10.0. The second-order valence-electron chi connectivity index (χ2n) is 10.9. The average molecular weight is 676 g/mol. The lowest BCUT2D eigenvalue weighted by Gasteiger charge is -2.34. The number of hydrogen-bond acceptors (Lipinski definition) is 8. The minimum atomic E-state index is -4.47. The van der Waals surface area contributed by atoms with Crippen LogP contribution >= 0.6 is 0 Å². The number of anilines is 1. The molecule has 254 valence electrons. The molecule has 4 aromatic rings. The fourth-order valence-electron chi connectivity index (χ4n) is 5.22. The van der Waals surface area contributed by atoms with Gasteiger partial charge in [0.2, 0.25) is 11.8 Å². The number of sulfonamides is 1. The molecule has 0 spiro atoms. The molecule has 0 aliphatic carbocycles. The van der Waals surface area contributed by atoms with Gasteiger partial charge in [-0.15, -0.1) is 0 Å². The number of aryl methyl sites for hydroxylation is 1. The summed E-state index contributed by atoms with van der Waals surface area (Å²) in [4.78, 5) is 29.4. The molecule has 0 bridgehead atoms. The Labute approximate surface area is 282 Å². The molecule has 0 aliphatic rings. The maximum absolute atomic E-state index is 14.6. The molecule has 4 rings (SSSR count). The predicted molar refractivity (Wildman–Crippen MR) is 183 cm³/mol. The normalized spacial score (nSPS) is 11.6. The molecule has 0 heterocycles. The quantitative estimate of drug-likeness (QED) is 0.194. The largest absolute Gasteiger partial charge is 0.497 e. The fourth-order valence-corrected chi connectivity index (χ4v) is 6.65. The molecular weight excluding hydrogens is 634 g/mol. The van der Waals surface area contributed by atoms with E-state index < -0.39 is 34.4 Å². The molecule has 1 atom stereocenters. The summed E-state index contributed by atoms with van der Waals surface area (Å²) in [7, 11) is 2.72. The van der Waals surface area contributed by atoms with Crippen molar-refractivity contribution in [2.75, 3.05) is 46.3 Å². The van der Waals surface area contributed by atoms with E-state index in [0.29, 0.717) is 11.5 Å². The lowest BCUT2D eigenvalue weighted by molar-refractivity contribution is -0.139. The van der Waals surface area contributed by atoms with Crippen LogP contribution in [0.5, 0.6) is 23.0 Å². The third-order valence-electron chi connectivity index (χ3n) is 7.87. The van der Waals surface area contributed by atoms with Crippen LogP contribution in [0.4, 0.5) is 5.69 Å². The zero-order valence-electron chi connectivity index (χ0n) is 27.9. The Kier molecular flexibility index (Phi) is 11.9. The van der Waals surface area contributed by atoms with Gasteiger partial charge in [-0.05, 0) is 42.3 Å². The number of rotatable bonds is 15. The number of amides is 2. The number of benzene rings is 4. The SMILES string of the molecule is CNC(=O)C(Cc1ccccc1)N(Cc1ccc(C)cc1)C(=O)CN(c1cc(OC)ccc1OC)S(=O)(=O)c1ccc(OC)c(OC)c1. The van der Waals surface area contributed by atoms with Crippen molar-refractivity contribution in [3.05, 3.63) is 108 Å². The summed E-state index contributed by atoms with van der Waals surface area (Å²) >= 11 is 0. The van der Waals surface area contributed by atoms with E-state index in [1.165, 1.54) is 64.7 Å². The highest BCUT2D eigenvalue weighted by molar-refractivity contribution is 7.92. The van der Waals surface area contributed by atoms with Gasteiger partial charge in [-0.2, -0.15) is 0 Å². The zero-order valence-corrected chi connectivity index (χ0v) is 28.7. The lowest BCUT2D eigenvalue weighted by Crippen LogP contribution is -2.53. The van der Waals surface area contributed by atoms with E-state index in [1.54, 1.807) is 12.1 Å². The van der Waals surface area contributed by atoms with Crippen LogP contribution in [0, 0.1) is 6.92 Å². The van der Waals surface area contributed by atoms with Crippen LogP contribution in [-0.2, 0) is 32.6 Å². The number of ether oxygens (including phenoxy) is 4. The van der Waals surface area contributed by atoms with Crippen LogP contribution in [0.15, 0.2) is 95.9 Å². The molecule has 4 aromatic carbocycles. The van der Waals surface area contributed by atoms with Gasteiger partial charge in [0.05, 0.1) is 39.0 Å². The molecule has 0 radical (unpaired) electrons. The first-order valence-corrected chi connectivity index (χ1v) is 16.6. The molecule has 12 heteroatoms. The van der Waals surface area contributed by atoms with Gasteiger partial charge in [-0.25, -0.2) is 8.42 Å². The molecule has 2 amide bonds. The minimum Gasteiger partial charge on any atom is -0.497 e. The van der Waals surface area contributed by atoms with Crippen molar-refractivity contribution >= 4 is 27.5 Å². The van der Waals surface area contributed by atoms with Crippen molar-refractivity contribution in [2.24, 2.45) is 0 Å². The van der Waals surface area contributed by atoms with Crippen molar-refractivity contribution in [3.63, 3.8) is 0 Å². The summed E-state index contributed by atoms with van der Waals surface area (Å²) in [5, 5.41) is 2.69. The molecule has 11 nitrogen and oxygen atoms in total. The summed E-state index contributed by atoms with van der Waals surface area (Å²) in [6, 6.07) is 24.8. The third-order valence-corrected chi connectivity index (χ3v) is 9.62. The molecule has 0 fully saturated rings. The van der Waals surface area contributed by atoms with Crippen LogP contribution < -0.4 is 28.6 Å². The Morgan fingerprint density at radius 3 is 2.00 bits per heavy atom. The number of carbonyl (C=O) groups excluding carboxylic acids is 2. The van der Waals surface area contributed by atoms with Crippen molar-refractivity contribution in [1.82, 2.24) is 10.2 Å². The van der Waals surface area contributed by atoms with E-state index >= 15 is 0 Å². The third kappa shape index (κ3) is 8.18. The summed E-state index contributed by atoms with van der Waals surface area (Å²) in [6.07, 6.45) is 0.197. The Morgan fingerprint density at radius 1 is 0.750 bits per heavy atom. The van der Waals surface area contributed by atoms with Gasteiger partial charge in [0.15, 0.2) is 11.5 Å². The van der Waals surface area contributed by atoms with Gasteiger partial charge in [-0.1, -0.05) is 60.2 Å². The van der Waals surface area contributed by atoms with Gasteiger partial charge in [0, 0.05) is 32.1 Å². The first kappa shape index (κ1) is 35.6. The van der Waals surface area contributed by atoms with E-state index in [4.69, 9.17) is 18.9 Å². The second-order valence-corrected chi connectivity index (χ2v) is 12.8. The van der Waals surface area contributed by atoms with Crippen LogP contribution in [0.2, 0.25) is 0 Å². The molecule has 0 aromatic heterocycles. The Morgan fingerprint density at radius 2 is 1.40 bits per heavy atom. The maximum Gasteiger partial charge on any atom is 0.265 e. The summed E-state index contributed by atoms with van der Waals surface area (Å²) in [6.45, 7) is 1.33. The summed E-state index contributed by atoms with van der Waals surface area (Å²) in [5.74, 6) is 0.0312. The number of hydrogen-bond donors (Lipinski definition) is 1. The maximum atomic E-state index is 14.6. The molecule has 1 N–H and O–H groups in total. The van der Waals surface area contributed by atoms with E-state index in [-0.39, 0.29) is 35.0 Å². The van der Waals surface area contributed by atoms with Crippen LogP contribution in [-0.4, -0.2) is 73.2 Å². The summed E-state index contributed by atoms with van der Waals surface area (Å²) in [5.41, 5.74) is 2.69. The Hall–Kier alpha value is -5.23. The highest BCUT2D eigenvalue weighted by Crippen LogP contribution is 2.38. The highest BCUT2D eigenvalue weighted by atomic mass is 32.2. The smallest absolute Gasteiger partial charge is 0.265 e. The molecular formula is C36H41N3O8S. The van der Waals surface area contributed by atoms with Crippen molar-refractivity contribution < 1.29 is 37.0 Å². The van der Waals surface area contributed by atoms with Gasteiger partial charge in [0.1, 0.15) is 24.1 Å². The van der Waals surface area contributed by atoms with Crippen LogP contribution in [0.25, 0.3) is 0 Å². The van der Waals surface area contributed by atoms with Crippen LogP contribution in [0.3, 0.4) is 0 Å². The van der Waals surface area contributed by atoms with Crippen LogP contribution in [0.1, 0.15) is 16.7 Å². The molecule has 1 unspecified atom stereocenters. The van der Waals surface area contributed by atoms with Crippen molar-refractivity contribution in [2.45, 2.75) is 30.8 Å². The van der Waals surface area contributed by atoms with E-state index in [2.05, 4.69) is 5.32 Å². The topological polar surface area (TPSA) is 124 Å². The monoisotopic (exact) mass is 675 g/mol. The summed E-state index contributed by atoms with van der Waals surface area (Å²) < 4.78 is 51.8. The standard InChI is InChI=1S/C36H41N3O8S/c1-25-12-14-27(15-13-25)23-38(31(36(41)37-2)20-26-10-8-7-9-11-26)35(40)24-39(30-21-28(44-3)16-18-32(30)45-4)48(42,43)29-17-19-33(46-5)34(22-29)47-6/h7-19,21-22,31H,20,23-24H2,1-6H3,(H,37,41). The number of nitrogens with zero attached hydrogens (tertiary/aromatic N) is 2.